The Hall–Kier alpha value is -12.5. The van der Waals surface area contributed by atoms with Crippen molar-refractivity contribution in [3.8, 4) is 0 Å². The number of Topliss-reactive ketones (excluding diaryl/α,β-unsaturated/α-hetero) is 3. The van der Waals surface area contributed by atoms with Crippen LogP contribution >= 0.6 is 0 Å². The fraction of sp³-hybridized carbons (Fsp3) is 0.448. The van der Waals surface area contributed by atoms with Gasteiger partial charge in [0.25, 0.3) is 17.3 Å². The highest BCUT2D eigenvalue weighted by Gasteiger charge is 2.30. The molecule has 1 fully saturated rings. The lowest BCUT2D eigenvalue weighted by Crippen LogP contribution is -3.00. The standard InChI is InChI=1S/C39H45NO8.C31H33NO4.C29H29NO4.C16H36N.C10H16O4.BrH/c1-4-7-13-27(5-2)24-40-34-18-16-29(37(43)28-14-9-8-10-15-28)22-32(34)33-23-30(17-19-35(33)40)38(44)39(45)48-26-31(41)25-46-20-11-12-21-47-36(42)6-3;1-4-7-11-21(5-2)20-32-27-16-14-23(29(33)22-12-9-8-10-13-22)18-25(27)26-19-24(15-17-28(26)32)30(34)31(35)36-6-3;1-3-5-9-19(4-2)18-30-25-14-12-21(27(31)20-10-7-6-8-11-20)16-23(25)24-17-22(13-15-26(24)30)28(32)29(33)34;1-5-9-13-17(14-10-6-2,15-11-7-3)16-12-8-4;1-2-10(11)13-6-4-3-5-12-7-9-8-14-9;/h6,8-10,14-19,22-23,27,31,41H,3-5,7,11-13,20-21,24-26H2,1-2H3;8-10,12-19,21H,4-7,11,20H2,1-3H3;6-8,10-17,19H,3-5,9,18H2,1-2H3,(H,33,34);5-16H2,1-4H3;2,9H,1,3-8H2;1H/q;;;+1;;/p-1. The summed E-state index contributed by atoms with van der Waals surface area (Å²) in [6.07, 6.45) is 28.9. The van der Waals surface area contributed by atoms with Crippen molar-refractivity contribution in [2.24, 2.45) is 17.8 Å². The number of aliphatic hydroxyl groups excluding tert-OH is 1. The number of halogens is 1. The van der Waals surface area contributed by atoms with E-state index < -0.39 is 53.9 Å². The number of epoxide rings is 1. The number of aromatic nitrogens is 3. The molecule has 12 aromatic rings. The smallest absolute Gasteiger partial charge is 0.379 e. The molecule has 0 saturated carbocycles. The van der Waals surface area contributed by atoms with E-state index in [1.807, 2.05) is 140 Å². The highest BCUT2D eigenvalue weighted by atomic mass is 79.9. The summed E-state index contributed by atoms with van der Waals surface area (Å²) >= 11 is 0. The summed E-state index contributed by atoms with van der Waals surface area (Å²) in [5.74, 6) is -5.42. The Morgan fingerprint density at radius 3 is 0.927 bits per heavy atom. The molecule has 2 N–H and O–H groups in total. The first-order valence-electron chi connectivity index (χ1n) is 54.3. The fourth-order valence-corrected chi connectivity index (χ4v) is 18.7. The van der Waals surface area contributed by atoms with Gasteiger partial charge in [-0.15, -0.1) is 0 Å². The van der Waals surface area contributed by atoms with E-state index in [4.69, 9.17) is 33.2 Å². The molecule has 3 aromatic heterocycles. The summed E-state index contributed by atoms with van der Waals surface area (Å²) in [6, 6.07) is 60.2. The van der Waals surface area contributed by atoms with Crippen LogP contribution in [-0.2, 0) is 76.8 Å². The average molecular weight is 2120 g/mol. The minimum Gasteiger partial charge on any atom is -1.00 e. The third-order valence-electron chi connectivity index (χ3n) is 27.6. The molecule has 1 saturated heterocycles. The van der Waals surface area contributed by atoms with Crippen LogP contribution in [0.3, 0.4) is 0 Å². The van der Waals surface area contributed by atoms with E-state index in [-0.39, 0.29) is 76.8 Å². The number of quaternary nitrogens is 1. The van der Waals surface area contributed by atoms with Gasteiger partial charge in [-0.1, -0.05) is 257 Å². The molecule has 1 aliphatic heterocycles. The monoisotopic (exact) mass is 2120 g/mol. The molecule has 5 atom stereocenters. The van der Waals surface area contributed by atoms with Crippen LogP contribution in [0.2, 0.25) is 0 Å². The van der Waals surface area contributed by atoms with Gasteiger partial charge in [0.15, 0.2) is 17.3 Å². The highest BCUT2D eigenvalue weighted by Crippen LogP contribution is 2.38. The van der Waals surface area contributed by atoms with Gasteiger partial charge in [0.2, 0.25) is 0 Å². The van der Waals surface area contributed by atoms with Gasteiger partial charge in [0.05, 0.1) is 65.8 Å². The van der Waals surface area contributed by atoms with E-state index >= 15 is 0 Å². The third kappa shape index (κ3) is 36.7. The summed E-state index contributed by atoms with van der Waals surface area (Å²) in [7, 11) is 0. The number of rotatable bonds is 61. The lowest BCUT2D eigenvalue weighted by atomic mass is 9.99. The van der Waals surface area contributed by atoms with E-state index in [0.29, 0.717) is 96.5 Å². The SMILES string of the molecule is C=CC(=O)OCCCCOCC(O)COC(=O)C(=O)c1ccc2c(c1)c1cc(C(=O)c3ccccc3)ccc1n2CC(CC)CCCC.C=CC(=O)OCCCCOCC1CO1.CCCCC(CC)Cn1c2ccc(C(=O)C(=O)O)cc2c2cc(C(=O)c3ccccc3)ccc21.CCCCC(CC)Cn1c2ccc(C(=O)C(=O)OCC)cc2c2cc(C(=O)c3ccccc3)ccc21.CCCC[N+](CCCC)(CCCC)CCCC.[Br-]. The number of carboxylic acids is 1. The molecule has 0 radical (unpaired) electrons. The van der Waals surface area contributed by atoms with Crippen LogP contribution in [0.25, 0.3) is 65.4 Å². The molecule has 1 aliphatic rings. The second-order valence-electron chi connectivity index (χ2n) is 38.7. The third-order valence-corrected chi connectivity index (χ3v) is 27.6. The zero-order chi connectivity index (χ0) is 108. The van der Waals surface area contributed by atoms with Crippen molar-refractivity contribution in [3.05, 3.63) is 276 Å². The predicted molar refractivity (Wildman–Crippen MR) is 594 cm³/mol. The van der Waals surface area contributed by atoms with Crippen molar-refractivity contribution in [2.45, 2.75) is 262 Å². The minimum atomic E-state index is -1.48. The van der Waals surface area contributed by atoms with Gasteiger partial charge in [0, 0.05) is 160 Å². The molecule has 0 bridgehead atoms. The first-order chi connectivity index (χ1) is 72.2. The molecule has 0 spiro atoms. The summed E-state index contributed by atoms with van der Waals surface area (Å²) in [5.41, 5.74) is 9.90. The van der Waals surface area contributed by atoms with Crippen LogP contribution < -0.4 is 17.0 Å². The predicted octanol–water partition coefficient (Wildman–Crippen LogP) is 23.3. The lowest BCUT2D eigenvalue weighted by Gasteiger charge is -2.39. The summed E-state index contributed by atoms with van der Waals surface area (Å²) in [4.78, 5) is 135. The summed E-state index contributed by atoms with van der Waals surface area (Å²) < 4.78 is 43.6. The van der Waals surface area contributed by atoms with Gasteiger partial charge in [-0.05, 0) is 205 Å². The van der Waals surface area contributed by atoms with E-state index in [1.54, 1.807) is 67.6 Å². The van der Waals surface area contributed by atoms with Crippen molar-refractivity contribution >= 4 is 130 Å². The number of aliphatic hydroxyl groups is 1. The molecule has 5 unspecified atom stereocenters. The molecule has 9 aromatic carbocycles. The average Bonchev–Trinajstić information content (AvgIpc) is 1.60. The molecular formula is C125H159BrN4O20. The van der Waals surface area contributed by atoms with Crippen LogP contribution in [0.4, 0.5) is 0 Å². The Bertz CT molecular complexity index is 6330. The van der Waals surface area contributed by atoms with Gasteiger partial charge < -0.3 is 78.5 Å². The molecule has 24 nitrogen and oxygen atoms in total. The van der Waals surface area contributed by atoms with Crippen molar-refractivity contribution in [2.75, 3.05) is 85.6 Å². The first-order valence-corrected chi connectivity index (χ1v) is 54.3. The summed E-state index contributed by atoms with van der Waals surface area (Å²) in [5, 5.41) is 24.4. The minimum absolute atomic E-state index is 0. The maximum absolute atomic E-state index is 13.4. The Morgan fingerprint density at radius 2 is 0.640 bits per heavy atom. The number of hydrogen-bond donors (Lipinski definition) is 2. The number of ketones is 6. The van der Waals surface area contributed by atoms with Crippen LogP contribution in [0.15, 0.2) is 226 Å². The number of nitrogens with zero attached hydrogens (tertiary/aromatic N) is 4. The molecule has 25 heteroatoms. The number of carbonyl (C=O) groups is 11. The number of hydrogen-bond acceptors (Lipinski definition) is 19. The molecule has 806 valence electrons. The van der Waals surface area contributed by atoms with Gasteiger partial charge in [-0.25, -0.2) is 24.0 Å². The number of benzene rings is 9. The number of aliphatic carboxylic acids is 1. The maximum atomic E-state index is 13.4. The normalized spacial score (nSPS) is 12.8. The van der Waals surface area contributed by atoms with Crippen molar-refractivity contribution in [1.82, 2.24) is 13.7 Å². The zero-order valence-electron chi connectivity index (χ0n) is 90.2. The second kappa shape index (κ2) is 65.6. The fourth-order valence-electron chi connectivity index (χ4n) is 18.7. The molecule has 0 amide bonds. The van der Waals surface area contributed by atoms with Gasteiger partial charge in [-0.2, -0.15) is 0 Å². The number of esters is 4. The van der Waals surface area contributed by atoms with E-state index in [9.17, 15) is 63.0 Å². The number of unbranched alkanes of at least 4 members (excludes halogenated alkanes) is 9. The number of carbonyl (C=O) groups excluding carboxylic acids is 10. The second-order valence-corrected chi connectivity index (χ2v) is 38.7. The van der Waals surface area contributed by atoms with Crippen LogP contribution in [0, 0.1) is 17.8 Å². The zero-order valence-corrected chi connectivity index (χ0v) is 91.8. The number of carboxylic acid groups (broad SMARTS) is 1. The van der Waals surface area contributed by atoms with E-state index in [2.05, 4.69) is 96.1 Å². The Morgan fingerprint density at radius 1 is 0.353 bits per heavy atom. The number of ether oxygens (including phenoxy) is 7. The van der Waals surface area contributed by atoms with E-state index in [0.717, 1.165) is 175 Å². The quantitative estimate of drug-likeness (QED) is 0.00523. The lowest BCUT2D eigenvalue weighted by molar-refractivity contribution is -0.929. The van der Waals surface area contributed by atoms with Crippen molar-refractivity contribution in [1.29, 1.82) is 0 Å². The molecule has 4 heterocycles. The topological polar surface area (TPSA) is 311 Å². The van der Waals surface area contributed by atoms with Crippen LogP contribution in [0.5, 0.6) is 0 Å². The molecule has 13 rings (SSSR count). The number of fused-ring (bicyclic) bond motifs is 9. The molecule has 150 heavy (non-hydrogen) atoms. The highest BCUT2D eigenvalue weighted by molar-refractivity contribution is 6.42. The largest absolute Gasteiger partial charge is 1.00 e. The van der Waals surface area contributed by atoms with Gasteiger partial charge >= 0.3 is 29.8 Å². The molecular weight excluding hydrogens is 1960 g/mol. The van der Waals surface area contributed by atoms with E-state index in [1.165, 1.54) is 101 Å². The Kier molecular flexibility index (Phi) is 53.6. The maximum Gasteiger partial charge on any atom is 0.379 e. The van der Waals surface area contributed by atoms with Gasteiger partial charge in [0.1, 0.15) is 18.8 Å². The Balaban J connectivity index is 0.000000241. The van der Waals surface area contributed by atoms with Crippen LogP contribution in [-0.4, -0.2) is 191 Å². The van der Waals surface area contributed by atoms with Crippen molar-refractivity contribution in [3.63, 3.8) is 0 Å². The first kappa shape index (κ1) is 123. The van der Waals surface area contributed by atoms with Crippen molar-refractivity contribution < 1.29 is 118 Å². The summed E-state index contributed by atoms with van der Waals surface area (Å²) in [6.45, 7) is 41.9. The van der Waals surface area contributed by atoms with Crippen LogP contribution in [0.1, 0.15) is 309 Å². The Labute approximate surface area is 896 Å². The molecule has 0 aliphatic carbocycles. The van der Waals surface area contributed by atoms with Gasteiger partial charge in [-0.3, -0.25) is 28.8 Å².